The smallest absolute Gasteiger partial charge is 0.159 e. The second-order valence-corrected chi connectivity index (χ2v) is 9.84. The highest BCUT2D eigenvalue weighted by atomic mass is 79.9. The summed E-state index contributed by atoms with van der Waals surface area (Å²) in [5.41, 5.74) is 20.0. The summed E-state index contributed by atoms with van der Waals surface area (Å²) >= 11 is 6.51. The number of hydrogen-bond acceptors (Lipinski definition) is 6. The molecule has 4 nitrogen and oxygen atoms in total. The molecule has 4 N–H and O–H groups in total. The maximum Gasteiger partial charge on any atom is 0.159 e. The van der Waals surface area contributed by atoms with Gasteiger partial charge in [0.05, 0.1) is 0 Å². The van der Waals surface area contributed by atoms with Gasteiger partial charge >= 0.3 is 0 Å². The van der Waals surface area contributed by atoms with Crippen LogP contribution < -0.4 is 11.5 Å². The fourth-order valence-electron chi connectivity index (χ4n) is 2.46. The molecule has 0 fully saturated rings. The Morgan fingerprint density at radius 2 is 1.30 bits per heavy atom. The van der Waals surface area contributed by atoms with Crippen LogP contribution in [-0.2, 0) is 0 Å². The Labute approximate surface area is 195 Å². The Morgan fingerprint density at radius 3 is 1.73 bits per heavy atom. The third kappa shape index (κ3) is 6.93. The molecule has 2 heterocycles. The highest BCUT2D eigenvalue weighted by molar-refractivity contribution is 9.11. The van der Waals surface area contributed by atoms with Gasteiger partial charge in [-0.25, -0.2) is 9.97 Å². The van der Waals surface area contributed by atoms with Gasteiger partial charge in [0.1, 0.15) is 5.01 Å². The first kappa shape index (κ1) is 24.1. The number of aryl methyl sites for hydroxylation is 3. The van der Waals surface area contributed by atoms with E-state index >= 15 is 0 Å². The molecule has 158 valence electrons. The number of hydrogen-bond donors (Lipinski definition) is 2. The lowest BCUT2D eigenvalue weighted by Gasteiger charge is -2.04. The third-order valence-electron chi connectivity index (χ3n) is 4.46. The van der Waals surface area contributed by atoms with E-state index in [-0.39, 0.29) is 0 Å². The monoisotopic (exact) mass is 502 g/mol. The number of nitrogens with zero attached hydrogens (tertiary/aromatic N) is 2. The molecule has 30 heavy (non-hydrogen) atoms. The van der Waals surface area contributed by atoms with E-state index in [0.717, 1.165) is 42.8 Å². The predicted octanol–water partition coefficient (Wildman–Crippen LogP) is 7.11. The molecule has 2 aromatic heterocycles. The van der Waals surface area contributed by atoms with Crippen molar-refractivity contribution in [3.05, 3.63) is 79.2 Å². The fourth-order valence-corrected chi connectivity index (χ4v) is 4.42. The van der Waals surface area contributed by atoms with E-state index in [4.69, 9.17) is 11.5 Å². The van der Waals surface area contributed by atoms with Crippen LogP contribution in [0.5, 0.6) is 0 Å². The topological polar surface area (TPSA) is 77.8 Å². The Bertz CT molecular complexity index is 1070. The minimum atomic E-state index is 0.829. The Balaban J connectivity index is 0.000000173. The maximum atomic E-state index is 5.84. The molecule has 0 atom stereocenters. The first-order valence-electron chi connectivity index (χ1n) is 9.36. The van der Waals surface area contributed by atoms with Crippen molar-refractivity contribution in [2.75, 3.05) is 11.5 Å². The summed E-state index contributed by atoms with van der Waals surface area (Å²) in [6.07, 6.45) is 0. The van der Waals surface area contributed by atoms with E-state index in [1.54, 1.807) is 22.7 Å². The molecule has 0 aliphatic rings. The third-order valence-corrected chi connectivity index (χ3v) is 6.94. The van der Waals surface area contributed by atoms with Gasteiger partial charge in [-0.1, -0.05) is 24.3 Å². The van der Waals surface area contributed by atoms with Gasteiger partial charge < -0.3 is 11.5 Å². The van der Waals surface area contributed by atoms with E-state index in [1.165, 1.54) is 11.1 Å². The summed E-state index contributed by atoms with van der Waals surface area (Å²) in [7, 11) is 0. The van der Waals surface area contributed by atoms with E-state index < -0.39 is 0 Å². The molecule has 0 aliphatic heterocycles. The van der Waals surface area contributed by atoms with Gasteiger partial charge in [0.2, 0.25) is 0 Å². The van der Waals surface area contributed by atoms with Crippen molar-refractivity contribution in [1.29, 1.82) is 0 Å². The molecule has 4 rings (SSSR count). The average Bonchev–Trinajstić information content (AvgIpc) is 3.30. The zero-order valence-electron chi connectivity index (χ0n) is 17.9. The molecule has 0 bridgehead atoms. The minimum Gasteiger partial charge on any atom is -0.399 e. The van der Waals surface area contributed by atoms with Gasteiger partial charge in [0.15, 0.2) is 3.92 Å². The predicted molar refractivity (Wildman–Crippen MR) is 136 cm³/mol. The summed E-state index contributed by atoms with van der Waals surface area (Å²) in [5, 5.41) is 5.11. The lowest BCUT2D eigenvalue weighted by atomic mass is 10.1. The lowest BCUT2D eigenvalue weighted by Crippen LogP contribution is -1.91. The minimum absolute atomic E-state index is 0.829. The summed E-state index contributed by atoms with van der Waals surface area (Å²) < 4.78 is 0.963. The average molecular weight is 504 g/mol. The standard InChI is InChI=1S/C11H12N2S.C8H11N.C4H4BrNS/c1-7-6-14-11(13-7)9-4-3-5-10(12)8(9)2;1-6-4-3-5-8(9)7(6)2;1-3-2-7-4(5)6-3/h3-6H,12H2,1-2H3;3-5H,9H2,1-2H3;2H,1H3. The molecule has 0 spiro atoms. The van der Waals surface area contributed by atoms with Crippen molar-refractivity contribution in [1.82, 2.24) is 9.97 Å². The van der Waals surface area contributed by atoms with Crippen LogP contribution in [0.2, 0.25) is 0 Å². The Morgan fingerprint density at radius 1 is 0.733 bits per heavy atom. The van der Waals surface area contributed by atoms with E-state index in [0.29, 0.717) is 0 Å². The summed E-state index contributed by atoms with van der Waals surface area (Å²) in [6.45, 7) is 10.1. The normalized spacial score (nSPS) is 9.93. The largest absolute Gasteiger partial charge is 0.399 e. The number of rotatable bonds is 1. The van der Waals surface area contributed by atoms with Crippen LogP contribution in [0.3, 0.4) is 0 Å². The molecule has 7 heteroatoms. The SMILES string of the molecule is Cc1cccc(N)c1C.Cc1csc(-c2cccc(N)c2C)n1.Cc1csc(Br)n1. The molecule has 0 saturated carbocycles. The quantitative estimate of drug-likeness (QED) is 0.271. The lowest BCUT2D eigenvalue weighted by molar-refractivity contribution is 1.24. The molecule has 0 amide bonds. The van der Waals surface area contributed by atoms with Gasteiger partial charge in [-0.05, 0) is 79.4 Å². The number of thiazole rings is 2. The number of aromatic nitrogens is 2. The molecule has 4 aromatic rings. The summed E-state index contributed by atoms with van der Waals surface area (Å²) in [6, 6.07) is 11.9. The van der Waals surface area contributed by atoms with Crippen LogP contribution in [-0.4, -0.2) is 9.97 Å². The zero-order chi connectivity index (χ0) is 22.3. The molecular formula is C23H27BrN4S2. The van der Waals surface area contributed by atoms with Crippen molar-refractivity contribution < 1.29 is 0 Å². The molecule has 0 aliphatic carbocycles. The highest BCUT2D eigenvalue weighted by Gasteiger charge is 2.06. The maximum absolute atomic E-state index is 5.84. The van der Waals surface area contributed by atoms with Crippen LogP contribution in [0, 0.1) is 34.6 Å². The van der Waals surface area contributed by atoms with Crippen molar-refractivity contribution >= 4 is 50.0 Å². The number of benzene rings is 2. The van der Waals surface area contributed by atoms with Gasteiger partial charge in [-0.2, -0.15) is 0 Å². The summed E-state index contributed by atoms with van der Waals surface area (Å²) in [5.74, 6) is 0. The van der Waals surface area contributed by atoms with Crippen LogP contribution in [0.4, 0.5) is 11.4 Å². The van der Waals surface area contributed by atoms with Crippen molar-refractivity contribution in [3.8, 4) is 10.6 Å². The van der Waals surface area contributed by atoms with Crippen LogP contribution in [0.25, 0.3) is 10.6 Å². The zero-order valence-corrected chi connectivity index (χ0v) is 21.1. The summed E-state index contributed by atoms with van der Waals surface area (Å²) in [4.78, 5) is 8.49. The molecular weight excluding hydrogens is 476 g/mol. The molecule has 0 unspecified atom stereocenters. The van der Waals surface area contributed by atoms with Crippen LogP contribution >= 0.6 is 38.6 Å². The van der Waals surface area contributed by atoms with Crippen molar-refractivity contribution in [2.24, 2.45) is 0 Å². The fraction of sp³-hybridized carbons (Fsp3) is 0.217. The van der Waals surface area contributed by atoms with E-state index in [2.05, 4.69) is 50.3 Å². The number of anilines is 2. The Hall–Kier alpha value is -2.22. The van der Waals surface area contributed by atoms with Gasteiger partial charge in [0, 0.05) is 39.1 Å². The Kier molecular flexibility index (Phi) is 9.02. The van der Waals surface area contributed by atoms with E-state index in [1.807, 2.05) is 57.3 Å². The first-order valence-corrected chi connectivity index (χ1v) is 11.9. The first-order chi connectivity index (χ1) is 14.2. The second kappa shape index (κ2) is 11.2. The molecule has 0 saturated heterocycles. The van der Waals surface area contributed by atoms with Crippen molar-refractivity contribution in [3.63, 3.8) is 0 Å². The second-order valence-electron chi connectivity index (χ2n) is 6.84. The molecule has 0 radical (unpaired) electrons. The van der Waals surface area contributed by atoms with Gasteiger partial charge in [-0.15, -0.1) is 22.7 Å². The van der Waals surface area contributed by atoms with Gasteiger partial charge in [0.25, 0.3) is 0 Å². The van der Waals surface area contributed by atoms with Crippen LogP contribution in [0.1, 0.15) is 28.1 Å². The number of nitrogen functional groups attached to an aromatic ring is 2. The number of nitrogens with two attached hydrogens (primary N) is 2. The van der Waals surface area contributed by atoms with E-state index in [9.17, 15) is 0 Å². The van der Waals surface area contributed by atoms with Crippen molar-refractivity contribution in [2.45, 2.75) is 34.6 Å². The van der Waals surface area contributed by atoms with Crippen LogP contribution in [0.15, 0.2) is 51.1 Å². The highest BCUT2D eigenvalue weighted by Crippen LogP contribution is 2.29. The number of halogens is 1. The molecule has 2 aromatic carbocycles. The van der Waals surface area contributed by atoms with Gasteiger partial charge in [-0.3, -0.25) is 0 Å².